The molecule has 2 heterocycles. The third-order valence-corrected chi connectivity index (χ3v) is 6.81. The third kappa shape index (κ3) is 6.50. The van der Waals surface area contributed by atoms with Gasteiger partial charge in [0.25, 0.3) is 5.91 Å². The summed E-state index contributed by atoms with van der Waals surface area (Å²) in [6, 6.07) is 16.7. The molecule has 0 unspecified atom stereocenters. The van der Waals surface area contributed by atoms with Crippen molar-refractivity contribution in [1.82, 2.24) is 20.1 Å². The van der Waals surface area contributed by atoms with Crippen LogP contribution < -0.4 is 20.7 Å². The number of halogens is 2. The smallest absolute Gasteiger partial charge is 0.324 e. The number of nitrogens with one attached hydrogen (secondary N) is 3. The second-order valence-electron chi connectivity index (χ2n) is 9.14. The molecule has 9 nitrogen and oxygen atoms in total. The van der Waals surface area contributed by atoms with E-state index >= 15 is 0 Å². The lowest BCUT2D eigenvalue weighted by molar-refractivity contribution is 0.0958. The van der Waals surface area contributed by atoms with Crippen molar-refractivity contribution in [2.75, 3.05) is 17.7 Å². The van der Waals surface area contributed by atoms with Gasteiger partial charge in [0.2, 0.25) is 0 Å². The second kappa shape index (κ2) is 11.8. The zero-order chi connectivity index (χ0) is 27.4. The Morgan fingerprint density at radius 1 is 0.923 bits per heavy atom. The highest BCUT2D eigenvalue weighted by Crippen LogP contribution is 2.35. The lowest BCUT2D eigenvalue weighted by Gasteiger charge is -2.11. The molecule has 0 saturated heterocycles. The molecule has 1 aliphatic rings. The van der Waals surface area contributed by atoms with Crippen LogP contribution in [0.15, 0.2) is 66.9 Å². The maximum absolute atomic E-state index is 12.9. The first-order chi connectivity index (χ1) is 18.9. The quantitative estimate of drug-likeness (QED) is 0.223. The molecular weight excluding hydrogens is 539 g/mol. The Bertz CT molecular complexity index is 1480. The molecular formula is C28H26Cl2N6O3. The molecule has 2 aromatic heterocycles. The number of anilines is 2. The zero-order valence-electron chi connectivity index (χ0n) is 21.1. The van der Waals surface area contributed by atoms with E-state index in [1.165, 1.54) is 26.1 Å². The Labute approximate surface area is 235 Å². The number of pyridine rings is 1. The van der Waals surface area contributed by atoms with Crippen molar-refractivity contribution in [1.29, 1.82) is 0 Å². The van der Waals surface area contributed by atoms with E-state index in [1.807, 2.05) is 6.07 Å². The molecule has 0 aliphatic heterocycles. The van der Waals surface area contributed by atoms with E-state index in [0.29, 0.717) is 44.7 Å². The molecule has 2 aromatic carbocycles. The largest absolute Gasteiger partial charge is 0.457 e. The van der Waals surface area contributed by atoms with Crippen LogP contribution in [-0.2, 0) is 0 Å². The summed E-state index contributed by atoms with van der Waals surface area (Å²) in [4.78, 5) is 28.8. The van der Waals surface area contributed by atoms with E-state index in [0.717, 1.165) is 18.5 Å². The molecule has 3 N–H and O–H groups in total. The molecule has 0 radical (unpaired) electrons. The standard InChI is InChI=1S/C28H26Cl2N6O3/c1-31-27(37)25-15-23(10-11-32-25)39-22-8-6-20(7-9-22)33-28(38)34-26-16-24(17-4-2-3-5-17)35-36(26)21-13-18(29)12-19(30)14-21/h6-17H,2-5H2,1H3,(H,31,37)(H2,33,34,38). The molecule has 11 heteroatoms. The summed E-state index contributed by atoms with van der Waals surface area (Å²) in [6.45, 7) is 0. The van der Waals surface area contributed by atoms with Gasteiger partial charge < -0.3 is 15.4 Å². The summed E-state index contributed by atoms with van der Waals surface area (Å²) < 4.78 is 7.48. The molecule has 0 spiro atoms. The lowest BCUT2D eigenvalue weighted by Crippen LogP contribution is -2.21. The molecule has 5 rings (SSSR count). The molecule has 0 atom stereocenters. The number of hydrogen-bond donors (Lipinski definition) is 3. The molecule has 0 bridgehead atoms. The molecule has 4 aromatic rings. The highest BCUT2D eigenvalue weighted by molar-refractivity contribution is 6.34. The van der Waals surface area contributed by atoms with E-state index < -0.39 is 6.03 Å². The van der Waals surface area contributed by atoms with Crippen LogP contribution in [0.2, 0.25) is 10.0 Å². The number of carbonyl (C=O) groups excluding carboxylic acids is 2. The van der Waals surface area contributed by atoms with Crippen molar-refractivity contribution < 1.29 is 14.3 Å². The maximum atomic E-state index is 12.9. The van der Waals surface area contributed by atoms with E-state index in [-0.39, 0.29) is 11.6 Å². The number of rotatable bonds is 7. The first-order valence-corrected chi connectivity index (χ1v) is 13.2. The second-order valence-corrected chi connectivity index (χ2v) is 10.0. The third-order valence-electron chi connectivity index (χ3n) is 6.37. The Balaban J connectivity index is 1.29. The molecule has 200 valence electrons. The number of amides is 3. The van der Waals surface area contributed by atoms with Gasteiger partial charge in [-0.1, -0.05) is 36.0 Å². The van der Waals surface area contributed by atoms with Crippen LogP contribution in [0.4, 0.5) is 16.3 Å². The van der Waals surface area contributed by atoms with E-state index in [4.69, 9.17) is 33.0 Å². The van der Waals surface area contributed by atoms with Gasteiger partial charge in [-0.3, -0.25) is 15.1 Å². The van der Waals surface area contributed by atoms with Gasteiger partial charge in [0.05, 0.1) is 11.4 Å². The van der Waals surface area contributed by atoms with E-state index in [1.54, 1.807) is 59.3 Å². The van der Waals surface area contributed by atoms with Gasteiger partial charge in [-0.15, -0.1) is 0 Å². The van der Waals surface area contributed by atoms with Crippen LogP contribution in [0.3, 0.4) is 0 Å². The highest BCUT2D eigenvalue weighted by atomic mass is 35.5. The Hall–Kier alpha value is -4.08. The number of ether oxygens (including phenoxy) is 1. The Morgan fingerprint density at radius 3 is 2.33 bits per heavy atom. The topological polar surface area (TPSA) is 110 Å². The van der Waals surface area contributed by atoms with Gasteiger partial charge >= 0.3 is 6.03 Å². The minimum Gasteiger partial charge on any atom is -0.457 e. The minimum absolute atomic E-state index is 0.250. The van der Waals surface area contributed by atoms with Crippen molar-refractivity contribution in [3.63, 3.8) is 0 Å². The van der Waals surface area contributed by atoms with E-state index in [2.05, 4.69) is 20.9 Å². The number of aromatic nitrogens is 3. The normalized spacial score (nSPS) is 13.2. The van der Waals surface area contributed by atoms with Crippen LogP contribution in [0.1, 0.15) is 47.8 Å². The van der Waals surface area contributed by atoms with Crippen LogP contribution in [-0.4, -0.2) is 33.8 Å². The van der Waals surface area contributed by atoms with Gasteiger partial charge in [0, 0.05) is 47.0 Å². The molecule has 3 amide bonds. The SMILES string of the molecule is CNC(=O)c1cc(Oc2ccc(NC(=O)Nc3cc(C4CCCC4)nn3-c3cc(Cl)cc(Cl)c3)cc2)ccn1. The van der Waals surface area contributed by atoms with Crippen molar-refractivity contribution in [2.24, 2.45) is 0 Å². The number of urea groups is 1. The van der Waals surface area contributed by atoms with Gasteiger partial charge in [0.15, 0.2) is 0 Å². The Kier molecular flexibility index (Phi) is 7.99. The number of hydrogen-bond acceptors (Lipinski definition) is 5. The summed E-state index contributed by atoms with van der Waals surface area (Å²) in [5, 5.41) is 14.0. The first-order valence-electron chi connectivity index (χ1n) is 12.5. The molecule has 1 saturated carbocycles. The summed E-state index contributed by atoms with van der Waals surface area (Å²) in [5.41, 5.74) is 2.40. The molecule has 1 fully saturated rings. The molecule has 1 aliphatic carbocycles. The van der Waals surface area contributed by atoms with E-state index in [9.17, 15) is 9.59 Å². The monoisotopic (exact) mass is 564 g/mol. The fourth-order valence-electron chi connectivity index (χ4n) is 4.52. The van der Waals surface area contributed by atoms with Crippen molar-refractivity contribution >= 4 is 46.6 Å². The predicted molar refractivity (Wildman–Crippen MR) is 152 cm³/mol. The van der Waals surface area contributed by atoms with Crippen molar-refractivity contribution in [3.05, 3.63) is 88.3 Å². The van der Waals surface area contributed by atoms with Crippen LogP contribution >= 0.6 is 23.2 Å². The van der Waals surface area contributed by atoms with Crippen LogP contribution in [0, 0.1) is 0 Å². The fourth-order valence-corrected chi connectivity index (χ4v) is 5.03. The summed E-state index contributed by atoms with van der Waals surface area (Å²) in [5.74, 6) is 1.56. The van der Waals surface area contributed by atoms with Crippen molar-refractivity contribution in [2.45, 2.75) is 31.6 Å². The van der Waals surface area contributed by atoms with Crippen LogP contribution in [0.25, 0.3) is 5.69 Å². The highest BCUT2D eigenvalue weighted by Gasteiger charge is 2.23. The zero-order valence-corrected chi connectivity index (χ0v) is 22.6. The minimum atomic E-state index is -0.430. The van der Waals surface area contributed by atoms with Crippen molar-refractivity contribution in [3.8, 4) is 17.2 Å². The van der Waals surface area contributed by atoms with Crippen LogP contribution in [0.5, 0.6) is 11.5 Å². The molecule has 39 heavy (non-hydrogen) atoms. The summed E-state index contributed by atoms with van der Waals surface area (Å²) in [6.07, 6.45) is 5.97. The maximum Gasteiger partial charge on any atom is 0.324 e. The number of benzene rings is 2. The van der Waals surface area contributed by atoms with Gasteiger partial charge in [-0.2, -0.15) is 5.10 Å². The Morgan fingerprint density at radius 2 is 1.64 bits per heavy atom. The lowest BCUT2D eigenvalue weighted by atomic mass is 10.0. The van der Waals surface area contributed by atoms with Gasteiger partial charge in [0.1, 0.15) is 23.0 Å². The average molecular weight is 565 g/mol. The number of nitrogens with zero attached hydrogens (tertiary/aromatic N) is 3. The summed E-state index contributed by atoms with van der Waals surface area (Å²) in [7, 11) is 1.54. The summed E-state index contributed by atoms with van der Waals surface area (Å²) >= 11 is 12.5. The van der Waals surface area contributed by atoms with Gasteiger partial charge in [-0.25, -0.2) is 9.48 Å². The number of carbonyl (C=O) groups is 2. The first kappa shape index (κ1) is 26.5. The fraction of sp³-hybridized carbons (Fsp3) is 0.214. The predicted octanol–water partition coefficient (Wildman–Crippen LogP) is 7.03. The van der Waals surface area contributed by atoms with Gasteiger partial charge in [-0.05, 0) is 61.4 Å². The average Bonchev–Trinajstić information content (AvgIpc) is 3.59.